The number of hydrogen-bond donors (Lipinski definition) is 1. The van der Waals surface area contributed by atoms with Gasteiger partial charge in [-0.1, -0.05) is 6.07 Å². The van der Waals surface area contributed by atoms with E-state index in [4.69, 9.17) is 0 Å². The molecule has 0 spiro atoms. The molecule has 0 aliphatic heterocycles. The maximum atomic E-state index is 12.5. The first-order valence-corrected chi connectivity index (χ1v) is 7.55. The second kappa shape index (κ2) is 5.79. The summed E-state index contributed by atoms with van der Waals surface area (Å²) in [5.74, 6) is 0.319. The third-order valence-corrected chi connectivity index (χ3v) is 3.62. The number of anilines is 1. The molecule has 0 aromatic carbocycles. The third-order valence-electron chi connectivity index (χ3n) is 3.62. The number of aromatic nitrogens is 4. The van der Waals surface area contributed by atoms with Crippen molar-refractivity contribution in [2.24, 2.45) is 0 Å². The van der Waals surface area contributed by atoms with Crippen molar-refractivity contribution in [3.05, 3.63) is 47.4 Å². The van der Waals surface area contributed by atoms with Crippen LogP contribution in [0.4, 0.5) is 5.82 Å². The maximum absolute atomic E-state index is 12.5. The first kappa shape index (κ1) is 15.1. The fourth-order valence-corrected chi connectivity index (χ4v) is 2.47. The van der Waals surface area contributed by atoms with Gasteiger partial charge in [0.25, 0.3) is 5.91 Å². The summed E-state index contributed by atoms with van der Waals surface area (Å²) in [4.78, 5) is 21.4. The minimum Gasteiger partial charge on any atom is -0.306 e. The van der Waals surface area contributed by atoms with Crippen LogP contribution in [-0.4, -0.2) is 25.7 Å². The summed E-state index contributed by atoms with van der Waals surface area (Å²) < 4.78 is 1.85. The molecule has 3 aromatic rings. The van der Waals surface area contributed by atoms with Crippen molar-refractivity contribution in [3.8, 4) is 0 Å². The van der Waals surface area contributed by atoms with Crippen molar-refractivity contribution in [2.75, 3.05) is 5.32 Å². The van der Waals surface area contributed by atoms with Crippen LogP contribution >= 0.6 is 0 Å². The Morgan fingerprint density at radius 3 is 2.70 bits per heavy atom. The molecule has 0 fully saturated rings. The van der Waals surface area contributed by atoms with Crippen molar-refractivity contribution in [1.82, 2.24) is 19.7 Å². The van der Waals surface area contributed by atoms with Gasteiger partial charge in [0.2, 0.25) is 0 Å². The maximum Gasteiger partial charge on any atom is 0.258 e. The molecule has 0 radical (unpaired) electrons. The molecular weight excluding hydrogens is 290 g/mol. The SMILES string of the molecule is Cc1cccc(NC(=O)c2cc3cnn(C(C)C)c3nc2C)n1. The third kappa shape index (κ3) is 2.92. The first-order chi connectivity index (χ1) is 11.0. The molecule has 1 N–H and O–H groups in total. The molecule has 118 valence electrons. The number of fused-ring (bicyclic) bond motifs is 1. The molecule has 6 heteroatoms. The van der Waals surface area contributed by atoms with Crippen molar-refractivity contribution in [3.63, 3.8) is 0 Å². The van der Waals surface area contributed by atoms with Gasteiger partial charge in [0.15, 0.2) is 5.65 Å². The summed E-state index contributed by atoms with van der Waals surface area (Å²) in [6.45, 7) is 7.81. The lowest BCUT2D eigenvalue weighted by molar-refractivity contribution is 0.102. The number of amides is 1. The van der Waals surface area contributed by atoms with Gasteiger partial charge in [-0.2, -0.15) is 5.10 Å². The minimum absolute atomic E-state index is 0.215. The van der Waals surface area contributed by atoms with Gasteiger partial charge in [-0.25, -0.2) is 14.6 Å². The normalized spacial score (nSPS) is 11.2. The van der Waals surface area contributed by atoms with Crippen LogP contribution in [0, 0.1) is 13.8 Å². The smallest absolute Gasteiger partial charge is 0.258 e. The van der Waals surface area contributed by atoms with Crippen molar-refractivity contribution in [1.29, 1.82) is 0 Å². The Labute approximate surface area is 134 Å². The molecule has 3 rings (SSSR count). The lowest BCUT2D eigenvalue weighted by Gasteiger charge is -2.09. The van der Waals surface area contributed by atoms with Crippen LogP contribution < -0.4 is 5.32 Å². The second-order valence-corrected chi connectivity index (χ2v) is 5.84. The zero-order chi connectivity index (χ0) is 16.6. The van der Waals surface area contributed by atoms with Gasteiger partial charge in [-0.3, -0.25) is 4.79 Å². The number of aryl methyl sites for hydroxylation is 2. The first-order valence-electron chi connectivity index (χ1n) is 7.55. The van der Waals surface area contributed by atoms with Crippen LogP contribution in [0.25, 0.3) is 11.0 Å². The molecule has 0 aliphatic carbocycles. The molecule has 1 amide bonds. The van der Waals surface area contributed by atoms with Crippen LogP contribution in [-0.2, 0) is 0 Å². The molecule has 0 bridgehead atoms. The summed E-state index contributed by atoms with van der Waals surface area (Å²) in [5.41, 5.74) is 2.85. The summed E-state index contributed by atoms with van der Waals surface area (Å²) in [7, 11) is 0. The van der Waals surface area contributed by atoms with Crippen LogP contribution in [0.15, 0.2) is 30.5 Å². The number of rotatable bonds is 3. The van der Waals surface area contributed by atoms with E-state index in [1.165, 1.54) is 0 Å². The molecule has 0 aliphatic rings. The van der Waals surface area contributed by atoms with Crippen LogP contribution in [0.2, 0.25) is 0 Å². The van der Waals surface area contributed by atoms with Gasteiger partial charge in [0, 0.05) is 17.1 Å². The number of carbonyl (C=O) groups excluding carboxylic acids is 1. The zero-order valence-electron chi connectivity index (χ0n) is 13.7. The lowest BCUT2D eigenvalue weighted by atomic mass is 10.1. The van der Waals surface area contributed by atoms with Gasteiger partial charge >= 0.3 is 0 Å². The van der Waals surface area contributed by atoms with Crippen molar-refractivity contribution >= 4 is 22.8 Å². The predicted octanol–water partition coefficient (Wildman–Crippen LogP) is 3.28. The fourth-order valence-electron chi connectivity index (χ4n) is 2.47. The highest BCUT2D eigenvalue weighted by molar-refractivity contribution is 6.06. The van der Waals surface area contributed by atoms with E-state index in [0.29, 0.717) is 17.1 Å². The van der Waals surface area contributed by atoms with E-state index < -0.39 is 0 Å². The average Bonchev–Trinajstić information content (AvgIpc) is 2.89. The van der Waals surface area contributed by atoms with E-state index in [0.717, 1.165) is 16.7 Å². The van der Waals surface area contributed by atoms with E-state index in [-0.39, 0.29) is 11.9 Å². The van der Waals surface area contributed by atoms with E-state index >= 15 is 0 Å². The summed E-state index contributed by atoms with van der Waals surface area (Å²) in [6.07, 6.45) is 1.74. The van der Waals surface area contributed by atoms with E-state index in [9.17, 15) is 4.79 Å². The predicted molar refractivity (Wildman–Crippen MR) is 89.6 cm³/mol. The van der Waals surface area contributed by atoms with Crippen LogP contribution in [0.5, 0.6) is 0 Å². The molecule has 0 atom stereocenters. The Bertz CT molecular complexity index is 882. The van der Waals surface area contributed by atoms with E-state index in [1.54, 1.807) is 12.3 Å². The number of carbonyl (C=O) groups is 1. The Balaban J connectivity index is 1.96. The van der Waals surface area contributed by atoms with Gasteiger partial charge in [-0.15, -0.1) is 0 Å². The molecular formula is C17H19N5O. The quantitative estimate of drug-likeness (QED) is 0.806. The number of nitrogens with zero attached hydrogens (tertiary/aromatic N) is 4. The highest BCUT2D eigenvalue weighted by atomic mass is 16.1. The molecule has 0 saturated heterocycles. The topological polar surface area (TPSA) is 72.7 Å². The standard InChI is InChI=1S/C17H19N5O/c1-10(2)22-16-13(9-18-22)8-14(12(4)20-16)17(23)21-15-7-5-6-11(3)19-15/h5-10H,1-4H3,(H,19,21,23). The van der Waals surface area contributed by atoms with E-state index in [1.807, 2.05) is 50.6 Å². The van der Waals surface area contributed by atoms with Gasteiger partial charge in [0.1, 0.15) is 5.82 Å². The number of pyridine rings is 2. The Kier molecular flexibility index (Phi) is 3.82. The summed E-state index contributed by atoms with van der Waals surface area (Å²) >= 11 is 0. The molecule has 6 nitrogen and oxygen atoms in total. The summed E-state index contributed by atoms with van der Waals surface area (Å²) in [5, 5.41) is 8.01. The van der Waals surface area contributed by atoms with Gasteiger partial charge in [-0.05, 0) is 45.9 Å². The Morgan fingerprint density at radius 1 is 1.22 bits per heavy atom. The molecule has 0 unspecified atom stereocenters. The number of hydrogen-bond acceptors (Lipinski definition) is 4. The second-order valence-electron chi connectivity index (χ2n) is 5.84. The van der Waals surface area contributed by atoms with Crippen molar-refractivity contribution in [2.45, 2.75) is 33.7 Å². The average molecular weight is 309 g/mol. The molecule has 0 saturated carbocycles. The molecule has 3 aromatic heterocycles. The summed E-state index contributed by atoms with van der Waals surface area (Å²) in [6, 6.07) is 7.56. The van der Waals surface area contributed by atoms with Gasteiger partial charge in [0.05, 0.1) is 17.5 Å². The lowest BCUT2D eigenvalue weighted by Crippen LogP contribution is -2.15. The highest BCUT2D eigenvalue weighted by Crippen LogP contribution is 2.20. The van der Waals surface area contributed by atoms with Crippen molar-refractivity contribution < 1.29 is 4.79 Å². The van der Waals surface area contributed by atoms with Crippen LogP contribution in [0.1, 0.15) is 41.6 Å². The Morgan fingerprint density at radius 2 is 2.00 bits per heavy atom. The van der Waals surface area contributed by atoms with Crippen LogP contribution in [0.3, 0.4) is 0 Å². The molecule has 23 heavy (non-hydrogen) atoms. The van der Waals surface area contributed by atoms with Gasteiger partial charge < -0.3 is 5.32 Å². The monoisotopic (exact) mass is 309 g/mol. The Hall–Kier alpha value is -2.76. The largest absolute Gasteiger partial charge is 0.306 e. The minimum atomic E-state index is -0.215. The highest BCUT2D eigenvalue weighted by Gasteiger charge is 2.15. The molecule has 3 heterocycles. The number of nitrogens with one attached hydrogen (secondary N) is 1. The van der Waals surface area contributed by atoms with E-state index in [2.05, 4.69) is 20.4 Å². The fraction of sp³-hybridized carbons (Fsp3) is 0.294. The zero-order valence-corrected chi connectivity index (χ0v) is 13.7.